The molecule has 2 aromatic rings. The highest BCUT2D eigenvalue weighted by atomic mass is 35.5. The Labute approximate surface area is 115 Å². The van der Waals surface area contributed by atoms with Crippen molar-refractivity contribution in [2.75, 3.05) is 27.1 Å². The molecule has 1 aromatic carbocycles. The Hall–Kier alpha value is -2.08. The molecule has 0 saturated heterocycles. The van der Waals surface area contributed by atoms with Crippen LogP contribution in [0.15, 0.2) is 12.1 Å². The second-order valence-corrected chi connectivity index (χ2v) is 4.09. The van der Waals surface area contributed by atoms with Crippen LogP contribution >= 0.6 is 11.6 Å². The van der Waals surface area contributed by atoms with Gasteiger partial charge in [-0.2, -0.15) is 5.10 Å². The lowest BCUT2D eigenvalue weighted by Gasteiger charge is -2.15. The Morgan fingerprint density at radius 1 is 1.11 bits per heavy atom. The second-order valence-electron chi connectivity index (χ2n) is 3.71. The van der Waals surface area contributed by atoms with Gasteiger partial charge in [-0.05, 0) is 0 Å². The maximum absolute atomic E-state index is 6.32. The van der Waals surface area contributed by atoms with Gasteiger partial charge in [-0.1, -0.05) is 11.6 Å². The molecule has 1 heterocycles. The van der Waals surface area contributed by atoms with Crippen molar-refractivity contribution < 1.29 is 14.2 Å². The number of hydrogen-bond donors (Lipinski definition) is 2. The minimum Gasteiger partial charge on any atom is -0.495 e. The fourth-order valence-corrected chi connectivity index (χ4v) is 2.12. The lowest BCUT2D eigenvalue weighted by molar-refractivity contribution is 0.350. The second kappa shape index (κ2) is 5.27. The van der Waals surface area contributed by atoms with Gasteiger partial charge in [0.2, 0.25) is 0 Å². The van der Waals surface area contributed by atoms with E-state index >= 15 is 0 Å². The van der Waals surface area contributed by atoms with Crippen LogP contribution in [-0.2, 0) is 0 Å². The molecule has 0 aliphatic rings. The number of aromatic amines is 1. The van der Waals surface area contributed by atoms with Gasteiger partial charge in [0.1, 0.15) is 11.6 Å². The summed E-state index contributed by atoms with van der Waals surface area (Å²) in [6, 6.07) is 3.31. The Kier molecular flexibility index (Phi) is 3.71. The van der Waals surface area contributed by atoms with Crippen molar-refractivity contribution in [1.82, 2.24) is 10.2 Å². The predicted molar refractivity (Wildman–Crippen MR) is 73.1 cm³/mol. The van der Waals surface area contributed by atoms with E-state index in [9.17, 15) is 0 Å². The van der Waals surface area contributed by atoms with Crippen molar-refractivity contribution in [3.63, 3.8) is 0 Å². The summed E-state index contributed by atoms with van der Waals surface area (Å²) < 4.78 is 15.9. The van der Waals surface area contributed by atoms with E-state index in [4.69, 9.17) is 31.5 Å². The number of rotatable bonds is 4. The van der Waals surface area contributed by atoms with Crippen molar-refractivity contribution >= 4 is 17.4 Å². The monoisotopic (exact) mass is 283 g/mol. The third kappa shape index (κ3) is 2.26. The number of ether oxygens (including phenoxy) is 3. The molecule has 6 nitrogen and oxygen atoms in total. The number of nitrogens with zero attached hydrogens (tertiary/aromatic N) is 1. The summed E-state index contributed by atoms with van der Waals surface area (Å²) in [4.78, 5) is 0. The molecule has 19 heavy (non-hydrogen) atoms. The van der Waals surface area contributed by atoms with E-state index in [1.54, 1.807) is 12.1 Å². The molecule has 0 unspecified atom stereocenters. The van der Waals surface area contributed by atoms with Crippen LogP contribution in [0, 0.1) is 0 Å². The van der Waals surface area contributed by atoms with E-state index in [0.29, 0.717) is 39.3 Å². The molecule has 0 aliphatic heterocycles. The SMILES string of the molecule is COc1cc(OC)c(OC)c(-c2cc(N)n[nH]2)c1Cl. The van der Waals surface area contributed by atoms with Gasteiger partial charge in [-0.15, -0.1) is 0 Å². The smallest absolute Gasteiger partial charge is 0.171 e. The molecule has 0 atom stereocenters. The first-order chi connectivity index (χ1) is 9.12. The Bertz CT molecular complexity index is 598. The predicted octanol–water partition coefficient (Wildman–Crippen LogP) is 2.34. The van der Waals surface area contributed by atoms with E-state index in [1.165, 1.54) is 21.3 Å². The lowest BCUT2D eigenvalue weighted by Crippen LogP contribution is -1.97. The van der Waals surface area contributed by atoms with E-state index in [0.717, 1.165) is 0 Å². The topological polar surface area (TPSA) is 82.4 Å². The van der Waals surface area contributed by atoms with Gasteiger partial charge in [0.05, 0.1) is 37.6 Å². The molecule has 0 aliphatic carbocycles. The van der Waals surface area contributed by atoms with Crippen LogP contribution in [0.5, 0.6) is 17.2 Å². The molecule has 3 N–H and O–H groups in total. The van der Waals surface area contributed by atoms with Gasteiger partial charge in [0.15, 0.2) is 11.5 Å². The van der Waals surface area contributed by atoms with Gasteiger partial charge in [0.25, 0.3) is 0 Å². The standard InChI is InChI=1S/C12H14ClN3O3/c1-17-7-5-8(18-2)12(19-3)10(11(7)13)6-4-9(14)16-15-6/h4-5H,1-3H3,(H3,14,15,16). The zero-order valence-electron chi connectivity index (χ0n) is 10.8. The molecule has 0 spiro atoms. The van der Waals surface area contributed by atoms with Crippen LogP contribution in [0.2, 0.25) is 5.02 Å². The van der Waals surface area contributed by atoms with Gasteiger partial charge in [-0.3, -0.25) is 5.10 Å². The van der Waals surface area contributed by atoms with E-state index in [2.05, 4.69) is 10.2 Å². The number of benzene rings is 1. The molecule has 7 heteroatoms. The van der Waals surface area contributed by atoms with Gasteiger partial charge in [-0.25, -0.2) is 0 Å². The molecule has 2 rings (SSSR count). The summed E-state index contributed by atoms with van der Waals surface area (Å²) in [6.45, 7) is 0. The van der Waals surface area contributed by atoms with E-state index in [1.807, 2.05) is 0 Å². The summed E-state index contributed by atoms with van der Waals surface area (Å²) in [5, 5.41) is 7.06. The molecule has 0 saturated carbocycles. The van der Waals surface area contributed by atoms with Crippen LogP contribution in [0.1, 0.15) is 0 Å². The fourth-order valence-electron chi connectivity index (χ4n) is 1.80. The molecule has 0 radical (unpaired) electrons. The van der Waals surface area contributed by atoms with Crippen LogP contribution in [0.3, 0.4) is 0 Å². The number of hydrogen-bond acceptors (Lipinski definition) is 5. The summed E-state index contributed by atoms with van der Waals surface area (Å²) in [6.07, 6.45) is 0. The van der Waals surface area contributed by atoms with Gasteiger partial charge >= 0.3 is 0 Å². The van der Waals surface area contributed by atoms with Crippen molar-refractivity contribution in [2.45, 2.75) is 0 Å². The Morgan fingerprint density at radius 2 is 1.79 bits per heavy atom. The Balaban J connectivity index is 2.75. The number of methoxy groups -OCH3 is 3. The van der Waals surface area contributed by atoms with Gasteiger partial charge < -0.3 is 19.9 Å². The number of aromatic nitrogens is 2. The largest absolute Gasteiger partial charge is 0.495 e. The van der Waals surface area contributed by atoms with Crippen molar-refractivity contribution in [2.24, 2.45) is 0 Å². The van der Waals surface area contributed by atoms with Crippen LogP contribution in [0.4, 0.5) is 5.82 Å². The number of halogens is 1. The number of nitrogen functional groups attached to an aromatic ring is 1. The first kappa shape index (κ1) is 13.4. The average Bonchev–Trinajstić information content (AvgIpc) is 2.84. The van der Waals surface area contributed by atoms with E-state index in [-0.39, 0.29) is 0 Å². The third-order valence-corrected chi connectivity index (χ3v) is 3.04. The maximum Gasteiger partial charge on any atom is 0.171 e. The molecule has 1 aromatic heterocycles. The van der Waals surface area contributed by atoms with Crippen molar-refractivity contribution in [3.8, 4) is 28.5 Å². The summed E-state index contributed by atoms with van der Waals surface area (Å²) >= 11 is 6.32. The minimum atomic E-state index is 0.356. The van der Waals surface area contributed by atoms with Crippen molar-refractivity contribution in [1.29, 1.82) is 0 Å². The summed E-state index contributed by atoms with van der Waals surface area (Å²) in [7, 11) is 4.60. The first-order valence-corrected chi connectivity index (χ1v) is 5.79. The first-order valence-electron chi connectivity index (χ1n) is 5.42. The molecule has 0 fully saturated rings. The van der Waals surface area contributed by atoms with Crippen LogP contribution < -0.4 is 19.9 Å². The highest BCUT2D eigenvalue weighted by Crippen LogP contribution is 2.47. The van der Waals surface area contributed by atoms with Gasteiger partial charge in [0, 0.05) is 12.1 Å². The zero-order valence-corrected chi connectivity index (χ0v) is 11.5. The molecule has 0 bridgehead atoms. The quantitative estimate of drug-likeness (QED) is 0.900. The number of nitrogens with two attached hydrogens (primary N) is 1. The van der Waals surface area contributed by atoms with Crippen LogP contribution in [-0.4, -0.2) is 31.5 Å². The fraction of sp³-hybridized carbons (Fsp3) is 0.250. The van der Waals surface area contributed by atoms with Crippen molar-refractivity contribution in [3.05, 3.63) is 17.2 Å². The third-order valence-electron chi connectivity index (χ3n) is 2.66. The molecular formula is C12H14ClN3O3. The normalized spacial score (nSPS) is 10.3. The minimum absolute atomic E-state index is 0.356. The number of H-pyrrole nitrogens is 1. The summed E-state index contributed by atoms with van der Waals surface area (Å²) in [5.41, 5.74) is 6.82. The zero-order chi connectivity index (χ0) is 14.0. The van der Waals surface area contributed by atoms with E-state index < -0.39 is 0 Å². The highest BCUT2D eigenvalue weighted by molar-refractivity contribution is 6.35. The average molecular weight is 284 g/mol. The summed E-state index contributed by atoms with van der Waals surface area (Å²) in [5.74, 6) is 1.82. The number of nitrogens with one attached hydrogen (secondary N) is 1. The number of anilines is 1. The highest BCUT2D eigenvalue weighted by Gasteiger charge is 2.21. The Morgan fingerprint density at radius 3 is 2.26 bits per heavy atom. The lowest BCUT2D eigenvalue weighted by atomic mass is 10.1. The maximum atomic E-state index is 6.32. The molecule has 0 amide bonds. The molecular weight excluding hydrogens is 270 g/mol. The molecule has 102 valence electrons. The van der Waals surface area contributed by atoms with Crippen LogP contribution in [0.25, 0.3) is 11.3 Å².